The Bertz CT molecular complexity index is 789. The first-order valence-electron chi connectivity index (χ1n) is 8.57. The van der Waals surface area contributed by atoms with Crippen molar-refractivity contribution in [3.8, 4) is 11.5 Å². The van der Waals surface area contributed by atoms with Gasteiger partial charge in [0.15, 0.2) is 11.5 Å². The van der Waals surface area contributed by atoms with Crippen molar-refractivity contribution in [2.24, 2.45) is 5.73 Å². The Morgan fingerprint density at radius 1 is 1.31 bits per heavy atom. The highest BCUT2D eigenvalue weighted by Crippen LogP contribution is 2.28. The van der Waals surface area contributed by atoms with Gasteiger partial charge in [-0.3, -0.25) is 5.32 Å². The average molecular weight is 359 g/mol. The Balaban J connectivity index is 1.76. The predicted molar refractivity (Wildman–Crippen MR) is 98.8 cm³/mol. The molecule has 0 unspecified atom stereocenters. The van der Waals surface area contributed by atoms with Crippen LogP contribution in [-0.2, 0) is 6.54 Å². The summed E-state index contributed by atoms with van der Waals surface area (Å²) in [5.41, 5.74) is 7.70. The standard InChI is InChI=1S/C18H25N5O3/c1-12-8-17(20-18(24)22-7-6-14(19)11-22)23(21-12)10-13-4-5-15(25-2)16(9-13)26-3/h4-5,8-9,14H,6-7,10-11,19H2,1-3H3,(H,20,24)/t14-/m0/s1. The van der Waals surface area contributed by atoms with Gasteiger partial charge in [0.2, 0.25) is 0 Å². The number of likely N-dealkylation sites (tertiary alicyclic amines) is 1. The first-order chi connectivity index (χ1) is 12.5. The van der Waals surface area contributed by atoms with E-state index < -0.39 is 0 Å². The number of urea groups is 1. The summed E-state index contributed by atoms with van der Waals surface area (Å²) in [5, 5.41) is 7.43. The molecule has 0 spiro atoms. The number of aromatic nitrogens is 2. The Morgan fingerprint density at radius 3 is 2.73 bits per heavy atom. The molecule has 26 heavy (non-hydrogen) atoms. The molecule has 2 aromatic rings. The van der Waals surface area contributed by atoms with E-state index in [0.29, 0.717) is 37.0 Å². The molecule has 1 aromatic heterocycles. The van der Waals surface area contributed by atoms with Crippen molar-refractivity contribution in [1.82, 2.24) is 14.7 Å². The molecule has 8 nitrogen and oxygen atoms in total. The highest BCUT2D eigenvalue weighted by molar-refractivity contribution is 5.88. The summed E-state index contributed by atoms with van der Waals surface area (Å²) in [6, 6.07) is 7.47. The van der Waals surface area contributed by atoms with Crippen molar-refractivity contribution in [2.75, 3.05) is 32.6 Å². The minimum atomic E-state index is -0.147. The van der Waals surface area contributed by atoms with E-state index in [0.717, 1.165) is 17.7 Å². The van der Waals surface area contributed by atoms with E-state index in [-0.39, 0.29) is 12.1 Å². The van der Waals surface area contributed by atoms with Gasteiger partial charge in [-0.2, -0.15) is 5.10 Å². The molecule has 1 fully saturated rings. The van der Waals surface area contributed by atoms with Crippen molar-refractivity contribution < 1.29 is 14.3 Å². The molecule has 0 radical (unpaired) electrons. The molecule has 2 heterocycles. The van der Waals surface area contributed by atoms with Crippen molar-refractivity contribution in [3.05, 3.63) is 35.5 Å². The van der Waals surface area contributed by atoms with Gasteiger partial charge in [0.25, 0.3) is 0 Å². The maximum atomic E-state index is 12.4. The largest absolute Gasteiger partial charge is 0.493 e. The average Bonchev–Trinajstić information content (AvgIpc) is 3.20. The van der Waals surface area contributed by atoms with Gasteiger partial charge in [-0.25, -0.2) is 9.48 Å². The Hall–Kier alpha value is -2.74. The van der Waals surface area contributed by atoms with Crippen LogP contribution in [0.15, 0.2) is 24.3 Å². The smallest absolute Gasteiger partial charge is 0.323 e. The molecule has 3 rings (SSSR count). The van der Waals surface area contributed by atoms with Gasteiger partial charge in [-0.05, 0) is 31.0 Å². The van der Waals surface area contributed by atoms with Crippen molar-refractivity contribution in [2.45, 2.75) is 25.9 Å². The van der Waals surface area contributed by atoms with E-state index in [2.05, 4.69) is 10.4 Å². The van der Waals surface area contributed by atoms with Gasteiger partial charge in [0.1, 0.15) is 5.82 Å². The third-order valence-corrected chi connectivity index (χ3v) is 4.43. The van der Waals surface area contributed by atoms with Crippen LogP contribution in [0.3, 0.4) is 0 Å². The SMILES string of the molecule is COc1ccc(Cn2nc(C)cc2NC(=O)N2CC[C@H](N)C2)cc1OC. The van der Waals surface area contributed by atoms with Gasteiger partial charge in [0, 0.05) is 25.2 Å². The maximum absolute atomic E-state index is 12.4. The van der Waals surface area contributed by atoms with Crippen LogP contribution < -0.4 is 20.5 Å². The number of hydrogen-bond donors (Lipinski definition) is 2. The van der Waals surface area contributed by atoms with Gasteiger partial charge in [-0.15, -0.1) is 0 Å². The number of nitrogens with one attached hydrogen (secondary N) is 1. The molecular formula is C18H25N5O3. The summed E-state index contributed by atoms with van der Waals surface area (Å²) >= 11 is 0. The van der Waals surface area contributed by atoms with Gasteiger partial charge < -0.3 is 20.1 Å². The molecule has 2 amide bonds. The fourth-order valence-electron chi connectivity index (χ4n) is 3.08. The van der Waals surface area contributed by atoms with E-state index in [1.165, 1.54) is 0 Å². The number of aryl methyl sites for hydroxylation is 1. The molecule has 140 valence electrons. The minimum Gasteiger partial charge on any atom is -0.493 e. The fraction of sp³-hybridized carbons (Fsp3) is 0.444. The lowest BCUT2D eigenvalue weighted by Crippen LogP contribution is -2.35. The molecule has 0 bridgehead atoms. The number of benzene rings is 1. The van der Waals surface area contributed by atoms with Crippen LogP contribution >= 0.6 is 0 Å². The fourth-order valence-corrected chi connectivity index (χ4v) is 3.08. The highest BCUT2D eigenvalue weighted by Gasteiger charge is 2.24. The zero-order chi connectivity index (χ0) is 18.7. The highest BCUT2D eigenvalue weighted by atomic mass is 16.5. The molecule has 3 N–H and O–H groups in total. The number of rotatable bonds is 5. The molecule has 1 aliphatic rings. The number of nitrogens with two attached hydrogens (primary N) is 1. The second-order valence-corrected chi connectivity index (χ2v) is 6.44. The summed E-state index contributed by atoms with van der Waals surface area (Å²) in [6.07, 6.45) is 0.831. The molecule has 1 atom stereocenters. The number of hydrogen-bond acceptors (Lipinski definition) is 5. The Kier molecular flexibility index (Phi) is 5.32. The number of amides is 2. The normalized spacial score (nSPS) is 16.6. The second kappa shape index (κ2) is 7.65. The lowest BCUT2D eigenvalue weighted by atomic mass is 10.2. The number of nitrogens with zero attached hydrogens (tertiary/aromatic N) is 3. The van der Waals surface area contributed by atoms with Crippen molar-refractivity contribution in [3.63, 3.8) is 0 Å². The molecule has 8 heteroatoms. The van der Waals surface area contributed by atoms with Gasteiger partial charge >= 0.3 is 6.03 Å². The lowest BCUT2D eigenvalue weighted by molar-refractivity contribution is 0.222. The van der Waals surface area contributed by atoms with Crippen LogP contribution in [0.1, 0.15) is 17.7 Å². The first kappa shape index (κ1) is 18.1. The number of ether oxygens (including phenoxy) is 2. The molecular weight excluding hydrogens is 334 g/mol. The van der Waals surface area contributed by atoms with E-state index in [1.54, 1.807) is 23.8 Å². The van der Waals surface area contributed by atoms with Crippen LogP contribution in [0.4, 0.5) is 10.6 Å². The summed E-state index contributed by atoms with van der Waals surface area (Å²) in [7, 11) is 3.21. The Morgan fingerprint density at radius 2 is 2.08 bits per heavy atom. The molecule has 1 aliphatic heterocycles. The quantitative estimate of drug-likeness (QED) is 0.849. The number of carbonyl (C=O) groups excluding carboxylic acids is 1. The van der Waals surface area contributed by atoms with E-state index in [4.69, 9.17) is 15.2 Å². The lowest BCUT2D eigenvalue weighted by Gasteiger charge is -2.17. The molecule has 1 aromatic carbocycles. The monoisotopic (exact) mass is 359 g/mol. The predicted octanol–water partition coefficient (Wildman–Crippen LogP) is 1.82. The zero-order valence-electron chi connectivity index (χ0n) is 15.4. The van der Waals surface area contributed by atoms with E-state index >= 15 is 0 Å². The second-order valence-electron chi connectivity index (χ2n) is 6.44. The third-order valence-electron chi connectivity index (χ3n) is 4.43. The minimum absolute atomic E-state index is 0.0548. The van der Waals surface area contributed by atoms with Crippen LogP contribution in [-0.4, -0.2) is 54.1 Å². The topological polar surface area (TPSA) is 94.6 Å². The van der Waals surface area contributed by atoms with Crippen molar-refractivity contribution in [1.29, 1.82) is 0 Å². The van der Waals surface area contributed by atoms with E-state index in [1.807, 2.05) is 31.2 Å². The van der Waals surface area contributed by atoms with Gasteiger partial charge in [0.05, 0.1) is 26.5 Å². The molecule has 1 saturated heterocycles. The molecule has 0 aliphatic carbocycles. The first-order valence-corrected chi connectivity index (χ1v) is 8.57. The van der Waals surface area contributed by atoms with Crippen molar-refractivity contribution >= 4 is 11.8 Å². The summed E-state index contributed by atoms with van der Waals surface area (Å²) < 4.78 is 12.4. The summed E-state index contributed by atoms with van der Waals surface area (Å²) in [4.78, 5) is 14.2. The maximum Gasteiger partial charge on any atom is 0.323 e. The number of carbonyl (C=O) groups is 1. The van der Waals surface area contributed by atoms with Crippen LogP contribution in [0.25, 0.3) is 0 Å². The summed E-state index contributed by atoms with van der Waals surface area (Å²) in [5.74, 6) is 1.99. The third kappa shape index (κ3) is 3.91. The number of anilines is 1. The molecule has 0 saturated carbocycles. The van der Waals surface area contributed by atoms with Gasteiger partial charge in [-0.1, -0.05) is 6.07 Å². The summed E-state index contributed by atoms with van der Waals surface area (Å²) in [6.45, 7) is 3.65. The van der Waals surface area contributed by atoms with Crippen LogP contribution in [0.2, 0.25) is 0 Å². The Labute approximate surface area is 152 Å². The van der Waals surface area contributed by atoms with Crippen LogP contribution in [0.5, 0.6) is 11.5 Å². The number of methoxy groups -OCH3 is 2. The van der Waals surface area contributed by atoms with E-state index in [9.17, 15) is 4.79 Å². The zero-order valence-corrected chi connectivity index (χ0v) is 15.4. The van der Waals surface area contributed by atoms with Crippen LogP contribution in [0, 0.1) is 6.92 Å².